The van der Waals surface area contributed by atoms with Gasteiger partial charge in [0.05, 0.1) is 6.54 Å². The molecule has 2 rings (SSSR count). The minimum Gasteiger partial charge on any atom is -0.362 e. The van der Waals surface area contributed by atoms with E-state index in [1.165, 1.54) is 0 Å². The van der Waals surface area contributed by atoms with Crippen LogP contribution in [0, 0.1) is 0 Å². The number of para-hydroxylation sites is 1. The highest BCUT2D eigenvalue weighted by molar-refractivity contribution is 5.95. The molecule has 2 N–H and O–H groups in total. The largest absolute Gasteiger partial charge is 0.362 e. The summed E-state index contributed by atoms with van der Waals surface area (Å²) in [5.74, 6) is -0.112. The number of rotatable bonds is 7. The fourth-order valence-corrected chi connectivity index (χ4v) is 2.28. The van der Waals surface area contributed by atoms with Crippen LogP contribution in [0.15, 0.2) is 54.6 Å². The molecule has 126 valence electrons. The summed E-state index contributed by atoms with van der Waals surface area (Å²) in [6.45, 7) is 4.86. The number of hydrogen-bond donors (Lipinski definition) is 2. The molecule has 24 heavy (non-hydrogen) atoms. The molecule has 0 heterocycles. The topological polar surface area (TPSA) is 61.4 Å². The Morgan fingerprint density at radius 1 is 0.833 bits per heavy atom. The lowest BCUT2D eigenvalue weighted by Crippen LogP contribution is -2.33. The molecule has 2 aromatic rings. The van der Waals surface area contributed by atoms with E-state index in [2.05, 4.69) is 10.6 Å². The summed E-state index contributed by atoms with van der Waals surface area (Å²) in [7, 11) is 0. The molecule has 0 bridgehead atoms. The van der Waals surface area contributed by atoms with Crippen molar-refractivity contribution in [2.24, 2.45) is 0 Å². The van der Waals surface area contributed by atoms with Gasteiger partial charge in [0.1, 0.15) is 0 Å². The number of carbonyl (C=O) groups excluding carboxylic acids is 2. The maximum atomic E-state index is 12.2. The molecule has 0 radical (unpaired) electrons. The van der Waals surface area contributed by atoms with Gasteiger partial charge >= 0.3 is 0 Å². The number of likely N-dealkylation sites (N-methyl/N-ethyl adjacent to an activating group) is 1. The van der Waals surface area contributed by atoms with E-state index in [1.54, 1.807) is 31.2 Å². The molecule has 5 nitrogen and oxygen atoms in total. The Balaban J connectivity index is 1.93. The van der Waals surface area contributed by atoms with Crippen molar-refractivity contribution in [3.8, 4) is 0 Å². The summed E-state index contributed by atoms with van der Waals surface area (Å²) in [6, 6.07) is 17.0. The maximum Gasteiger partial charge on any atom is 0.243 e. The second kappa shape index (κ2) is 8.72. The van der Waals surface area contributed by atoms with E-state index in [1.807, 2.05) is 42.2 Å². The Labute approximate surface area is 142 Å². The van der Waals surface area contributed by atoms with Gasteiger partial charge < -0.3 is 15.5 Å². The molecule has 2 amide bonds. The van der Waals surface area contributed by atoms with Gasteiger partial charge in [0.2, 0.25) is 11.8 Å². The number of carbonyl (C=O) groups is 2. The van der Waals surface area contributed by atoms with Gasteiger partial charge in [-0.2, -0.15) is 0 Å². The molecule has 5 heteroatoms. The molecule has 0 aliphatic carbocycles. The van der Waals surface area contributed by atoms with Crippen LogP contribution in [-0.4, -0.2) is 24.9 Å². The van der Waals surface area contributed by atoms with Gasteiger partial charge in [-0.1, -0.05) is 25.1 Å². The summed E-state index contributed by atoms with van der Waals surface area (Å²) in [5, 5.41) is 5.65. The first-order valence-electron chi connectivity index (χ1n) is 8.12. The first kappa shape index (κ1) is 17.5. The quantitative estimate of drug-likeness (QED) is 0.819. The predicted octanol–water partition coefficient (Wildman–Crippen LogP) is 3.50. The van der Waals surface area contributed by atoms with Crippen molar-refractivity contribution in [1.82, 2.24) is 0 Å². The highest BCUT2D eigenvalue weighted by atomic mass is 16.2. The third kappa shape index (κ3) is 5.12. The Bertz CT molecular complexity index is 669. The van der Waals surface area contributed by atoms with Crippen molar-refractivity contribution in [3.05, 3.63) is 54.6 Å². The van der Waals surface area contributed by atoms with Crippen molar-refractivity contribution in [2.75, 3.05) is 28.6 Å². The number of benzene rings is 2. The van der Waals surface area contributed by atoms with E-state index < -0.39 is 0 Å². The zero-order valence-electron chi connectivity index (χ0n) is 14.1. The number of amides is 2. The van der Waals surface area contributed by atoms with Crippen LogP contribution in [0.3, 0.4) is 0 Å². The maximum absolute atomic E-state index is 12.2. The van der Waals surface area contributed by atoms with Crippen molar-refractivity contribution in [2.45, 2.75) is 20.3 Å². The van der Waals surface area contributed by atoms with Crippen molar-refractivity contribution < 1.29 is 9.59 Å². The van der Waals surface area contributed by atoms with Crippen LogP contribution in [-0.2, 0) is 9.59 Å². The van der Waals surface area contributed by atoms with Crippen LogP contribution in [0.5, 0.6) is 0 Å². The Hall–Kier alpha value is -2.82. The van der Waals surface area contributed by atoms with Gasteiger partial charge in [0.25, 0.3) is 0 Å². The molecule has 2 aromatic carbocycles. The molecule has 0 aromatic heterocycles. The normalized spacial score (nSPS) is 10.1. The average molecular weight is 325 g/mol. The summed E-state index contributed by atoms with van der Waals surface area (Å²) >= 11 is 0. The molecule has 0 spiro atoms. The van der Waals surface area contributed by atoms with Crippen LogP contribution in [0.2, 0.25) is 0 Å². The van der Waals surface area contributed by atoms with E-state index in [9.17, 15) is 9.59 Å². The lowest BCUT2D eigenvalue weighted by atomic mass is 10.2. The lowest BCUT2D eigenvalue weighted by Gasteiger charge is -2.22. The van der Waals surface area contributed by atoms with Crippen LogP contribution in [0.25, 0.3) is 0 Å². The van der Waals surface area contributed by atoms with E-state index in [0.29, 0.717) is 12.1 Å². The van der Waals surface area contributed by atoms with Gasteiger partial charge in [-0.3, -0.25) is 9.59 Å². The lowest BCUT2D eigenvalue weighted by molar-refractivity contribution is -0.116. The molecular formula is C19H23N3O2. The highest BCUT2D eigenvalue weighted by Crippen LogP contribution is 2.15. The molecule has 0 aliphatic heterocycles. The molecule has 0 fully saturated rings. The first-order valence-corrected chi connectivity index (χ1v) is 8.12. The second-order valence-electron chi connectivity index (χ2n) is 5.38. The van der Waals surface area contributed by atoms with Crippen molar-refractivity contribution >= 4 is 28.9 Å². The fourth-order valence-electron chi connectivity index (χ4n) is 2.28. The summed E-state index contributed by atoms with van der Waals surface area (Å²) < 4.78 is 0. The molecular weight excluding hydrogens is 302 g/mol. The average Bonchev–Trinajstić information content (AvgIpc) is 2.62. The SMILES string of the molecule is CCC(=O)Nc1ccc(NC(=O)CN(CC)c2ccccc2)cc1. The van der Waals surface area contributed by atoms with E-state index >= 15 is 0 Å². The van der Waals surface area contributed by atoms with Crippen LogP contribution in [0.4, 0.5) is 17.1 Å². The molecule has 0 unspecified atom stereocenters. The summed E-state index contributed by atoms with van der Waals surface area (Å²) in [6.07, 6.45) is 0.435. The Morgan fingerprint density at radius 2 is 1.38 bits per heavy atom. The zero-order chi connectivity index (χ0) is 17.4. The number of nitrogens with one attached hydrogen (secondary N) is 2. The number of nitrogens with zero attached hydrogens (tertiary/aromatic N) is 1. The van der Waals surface area contributed by atoms with Crippen LogP contribution < -0.4 is 15.5 Å². The number of anilines is 3. The highest BCUT2D eigenvalue weighted by Gasteiger charge is 2.10. The van der Waals surface area contributed by atoms with Crippen LogP contribution >= 0.6 is 0 Å². The van der Waals surface area contributed by atoms with Crippen LogP contribution in [0.1, 0.15) is 20.3 Å². The van der Waals surface area contributed by atoms with Crippen molar-refractivity contribution in [1.29, 1.82) is 0 Å². The fraction of sp³-hybridized carbons (Fsp3) is 0.263. The smallest absolute Gasteiger partial charge is 0.243 e. The van der Waals surface area contributed by atoms with Gasteiger partial charge in [-0.15, -0.1) is 0 Å². The summed E-state index contributed by atoms with van der Waals surface area (Å²) in [4.78, 5) is 25.6. The van der Waals surface area contributed by atoms with Crippen molar-refractivity contribution in [3.63, 3.8) is 0 Å². The first-order chi connectivity index (χ1) is 11.6. The van der Waals surface area contributed by atoms with E-state index in [4.69, 9.17) is 0 Å². The molecule has 0 saturated carbocycles. The molecule has 0 atom stereocenters. The van der Waals surface area contributed by atoms with Gasteiger partial charge in [-0.25, -0.2) is 0 Å². The Kier molecular flexibility index (Phi) is 6.37. The monoisotopic (exact) mass is 325 g/mol. The third-order valence-corrected chi connectivity index (χ3v) is 3.61. The molecule has 0 saturated heterocycles. The van der Waals surface area contributed by atoms with Gasteiger partial charge in [0, 0.05) is 30.0 Å². The van der Waals surface area contributed by atoms with Gasteiger partial charge in [0.15, 0.2) is 0 Å². The van der Waals surface area contributed by atoms with E-state index in [0.717, 1.165) is 17.9 Å². The standard InChI is InChI=1S/C19H23N3O2/c1-3-18(23)20-15-10-12-16(13-11-15)21-19(24)14-22(4-2)17-8-6-5-7-9-17/h5-13H,3-4,14H2,1-2H3,(H,20,23)(H,21,24). The van der Waals surface area contributed by atoms with Gasteiger partial charge in [-0.05, 0) is 43.3 Å². The predicted molar refractivity (Wildman–Crippen MR) is 98.3 cm³/mol. The minimum absolute atomic E-state index is 0.0340. The Morgan fingerprint density at radius 3 is 1.88 bits per heavy atom. The molecule has 0 aliphatic rings. The van der Waals surface area contributed by atoms with E-state index in [-0.39, 0.29) is 18.4 Å². The number of hydrogen-bond acceptors (Lipinski definition) is 3. The zero-order valence-corrected chi connectivity index (χ0v) is 14.1. The third-order valence-electron chi connectivity index (χ3n) is 3.61. The second-order valence-corrected chi connectivity index (χ2v) is 5.38. The minimum atomic E-state index is -0.0777. The summed E-state index contributed by atoms with van der Waals surface area (Å²) in [5.41, 5.74) is 2.45.